The Hall–Kier alpha value is -0.900. The molecular formula is C9H15N3O. The van der Waals surface area contributed by atoms with Gasteiger partial charge >= 0.3 is 0 Å². The number of nitrogens with zero attached hydrogens (tertiary/aromatic N) is 3. The molecule has 4 heteroatoms. The Labute approximate surface area is 77.9 Å². The molecule has 1 aromatic heterocycles. The second-order valence-corrected chi connectivity index (χ2v) is 3.47. The topological polar surface area (TPSA) is 42.2 Å². The first-order chi connectivity index (χ1) is 6.31. The van der Waals surface area contributed by atoms with Crippen LogP contribution in [0.5, 0.6) is 0 Å². The molecule has 4 nitrogen and oxygen atoms in total. The van der Waals surface area contributed by atoms with Crippen LogP contribution in [-0.2, 0) is 0 Å². The number of hydrogen-bond donors (Lipinski definition) is 0. The van der Waals surface area contributed by atoms with E-state index in [1.54, 1.807) is 0 Å². The number of aryl methyl sites for hydroxylation is 1. The minimum Gasteiger partial charge on any atom is -0.338 e. The lowest BCUT2D eigenvalue weighted by Crippen LogP contribution is -2.22. The van der Waals surface area contributed by atoms with Crippen molar-refractivity contribution in [3.8, 4) is 0 Å². The van der Waals surface area contributed by atoms with Gasteiger partial charge in [0.2, 0.25) is 5.89 Å². The van der Waals surface area contributed by atoms with Crippen LogP contribution in [-0.4, -0.2) is 28.1 Å². The van der Waals surface area contributed by atoms with Gasteiger partial charge in [0, 0.05) is 0 Å². The Morgan fingerprint density at radius 1 is 1.62 bits per heavy atom. The van der Waals surface area contributed by atoms with E-state index >= 15 is 0 Å². The van der Waals surface area contributed by atoms with Gasteiger partial charge in [0.05, 0.1) is 6.04 Å². The van der Waals surface area contributed by atoms with Gasteiger partial charge in [-0.1, -0.05) is 12.1 Å². The average molecular weight is 181 g/mol. The van der Waals surface area contributed by atoms with Crippen molar-refractivity contribution in [2.75, 3.05) is 13.1 Å². The molecule has 0 radical (unpaired) electrons. The smallest absolute Gasteiger partial charge is 0.243 e. The lowest BCUT2D eigenvalue weighted by Gasteiger charge is -2.18. The van der Waals surface area contributed by atoms with Crippen LogP contribution in [0.3, 0.4) is 0 Å². The summed E-state index contributed by atoms with van der Waals surface area (Å²) in [7, 11) is 0. The predicted molar refractivity (Wildman–Crippen MR) is 48.3 cm³/mol. The minimum absolute atomic E-state index is 0.367. The van der Waals surface area contributed by atoms with E-state index in [0.717, 1.165) is 31.2 Å². The minimum atomic E-state index is 0.367. The second-order valence-electron chi connectivity index (χ2n) is 3.47. The highest BCUT2D eigenvalue weighted by molar-refractivity contribution is 4.95. The van der Waals surface area contributed by atoms with E-state index in [9.17, 15) is 0 Å². The van der Waals surface area contributed by atoms with Gasteiger partial charge in [-0.3, -0.25) is 4.90 Å². The number of aromatic nitrogens is 2. The molecule has 2 rings (SSSR count). The molecule has 72 valence electrons. The normalized spacial score (nSPS) is 24.0. The SMILES string of the molecule is CCN1CCC[C@H]1c1nc(C)no1. The molecule has 1 aliphatic rings. The fourth-order valence-corrected chi connectivity index (χ4v) is 1.93. The summed E-state index contributed by atoms with van der Waals surface area (Å²) in [6.45, 7) is 6.24. The molecule has 1 aliphatic heterocycles. The Morgan fingerprint density at radius 3 is 3.08 bits per heavy atom. The van der Waals surface area contributed by atoms with Crippen molar-refractivity contribution in [1.29, 1.82) is 0 Å². The largest absolute Gasteiger partial charge is 0.338 e. The summed E-state index contributed by atoms with van der Waals surface area (Å²) < 4.78 is 5.18. The zero-order chi connectivity index (χ0) is 9.26. The van der Waals surface area contributed by atoms with Gasteiger partial charge in [-0.25, -0.2) is 0 Å². The molecular weight excluding hydrogens is 166 g/mol. The predicted octanol–water partition coefficient (Wildman–Crippen LogP) is 1.53. The number of hydrogen-bond acceptors (Lipinski definition) is 4. The maximum atomic E-state index is 5.18. The molecule has 0 N–H and O–H groups in total. The van der Waals surface area contributed by atoms with Gasteiger partial charge in [0.25, 0.3) is 0 Å². The fourth-order valence-electron chi connectivity index (χ4n) is 1.93. The highest BCUT2D eigenvalue weighted by Crippen LogP contribution is 2.29. The van der Waals surface area contributed by atoms with Crippen molar-refractivity contribution < 1.29 is 4.52 Å². The van der Waals surface area contributed by atoms with E-state index in [0.29, 0.717) is 6.04 Å². The van der Waals surface area contributed by atoms with Crippen molar-refractivity contribution >= 4 is 0 Å². The maximum Gasteiger partial charge on any atom is 0.243 e. The Balaban J connectivity index is 2.15. The van der Waals surface area contributed by atoms with Gasteiger partial charge in [-0.15, -0.1) is 0 Å². The molecule has 1 fully saturated rings. The van der Waals surface area contributed by atoms with Crippen LogP contribution in [0, 0.1) is 6.92 Å². The van der Waals surface area contributed by atoms with Crippen LogP contribution in [0.2, 0.25) is 0 Å². The van der Waals surface area contributed by atoms with Crippen LogP contribution in [0.15, 0.2) is 4.52 Å². The lowest BCUT2D eigenvalue weighted by molar-refractivity contribution is 0.217. The molecule has 1 aromatic rings. The summed E-state index contributed by atoms with van der Waals surface area (Å²) in [6.07, 6.45) is 2.38. The molecule has 0 bridgehead atoms. The zero-order valence-corrected chi connectivity index (χ0v) is 8.16. The van der Waals surface area contributed by atoms with Gasteiger partial charge in [0.15, 0.2) is 5.82 Å². The monoisotopic (exact) mass is 181 g/mol. The van der Waals surface area contributed by atoms with Crippen molar-refractivity contribution in [2.45, 2.75) is 32.7 Å². The van der Waals surface area contributed by atoms with E-state index in [1.807, 2.05) is 6.92 Å². The van der Waals surface area contributed by atoms with Crippen LogP contribution in [0.1, 0.15) is 37.5 Å². The summed E-state index contributed by atoms with van der Waals surface area (Å²) in [4.78, 5) is 6.65. The first kappa shape index (κ1) is 8.69. The Bertz CT molecular complexity index is 284. The average Bonchev–Trinajstić information content (AvgIpc) is 2.71. The third-order valence-corrected chi connectivity index (χ3v) is 2.60. The Morgan fingerprint density at radius 2 is 2.46 bits per heavy atom. The van der Waals surface area contributed by atoms with E-state index in [1.165, 1.54) is 6.42 Å². The molecule has 0 aromatic carbocycles. The van der Waals surface area contributed by atoms with Crippen molar-refractivity contribution in [3.63, 3.8) is 0 Å². The Kier molecular flexibility index (Phi) is 2.31. The quantitative estimate of drug-likeness (QED) is 0.694. The molecule has 0 amide bonds. The third-order valence-electron chi connectivity index (χ3n) is 2.60. The summed E-state index contributed by atoms with van der Waals surface area (Å²) in [5.74, 6) is 1.52. The highest BCUT2D eigenvalue weighted by atomic mass is 16.5. The van der Waals surface area contributed by atoms with Crippen LogP contribution in [0.25, 0.3) is 0 Å². The summed E-state index contributed by atoms with van der Waals surface area (Å²) in [6, 6.07) is 0.367. The first-order valence-corrected chi connectivity index (χ1v) is 4.85. The molecule has 1 saturated heterocycles. The van der Waals surface area contributed by atoms with E-state index in [-0.39, 0.29) is 0 Å². The van der Waals surface area contributed by atoms with Crippen molar-refractivity contribution in [3.05, 3.63) is 11.7 Å². The highest BCUT2D eigenvalue weighted by Gasteiger charge is 2.28. The van der Waals surface area contributed by atoms with E-state index in [4.69, 9.17) is 4.52 Å². The van der Waals surface area contributed by atoms with Gasteiger partial charge < -0.3 is 4.52 Å². The molecule has 1 atom stereocenters. The van der Waals surface area contributed by atoms with Gasteiger partial charge in [-0.2, -0.15) is 4.98 Å². The van der Waals surface area contributed by atoms with Crippen LogP contribution >= 0.6 is 0 Å². The van der Waals surface area contributed by atoms with Crippen LogP contribution in [0.4, 0.5) is 0 Å². The summed E-state index contributed by atoms with van der Waals surface area (Å²) >= 11 is 0. The van der Waals surface area contributed by atoms with Gasteiger partial charge in [0.1, 0.15) is 0 Å². The van der Waals surface area contributed by atoms with E-state index in [2.05, 4.69) is 22.0 Å². The van der Waals surface area contributed by atoms with E-state index < -0.39 is 0 Å². The maximum absolute atomic E-state index is 5.18. The van der Waals surface area contributed by atoms with Crippen LogP contribution < -0.4 is 0 Å². The molecule has 0 spiro atoms. The third kappa shape index (κ3) is 1.58. The first-order valence-electron chi connectivity index (χ1n) is 4.85. The summed E-state index contributed by atoms with van der Waals surface area (Å²) in [5, 5.41) is 3.82. The van der Waals surface area contributed by atoms with Crippen molar-refractivity contribution in [2.24, 2.45) is 0 Å². The molecule has 0 saturated carbocycles. The molecule has 2 heterocycles. The molecule has 13 heavy (non-hydrogen) atoms. The molecule has 0 aliphatic carbocycles. The summed E-state index contributed by atoms with van der Waals surface area (Å²) in [5.41, 5.74) is 0. The molecule has 0 unspecified atom stereocenters. The zero-order valence-electron chi connectivity index (χ0n) is 8.16. The second kappa shape index (κ2) is 3.46. The van der Waals surface area contributed by atoms with Gasteiger partial charge in [-0.05, 0) is 32.9 Å². The van der Waals surface area contributed by atoms with Crippen molar-refractivity contribution in [1.82, 2.24) is 15.0 Å². The number of likely N-dealkylation sites (tertiary alicyclic amines) is 1. The standard InChI is InChI=1S/C9H15N3O/c1-3-12-6-4-5-8(12)9-10-7(2)11-13-9/h8H,3-6H2,1-2H3/t8-/m0/s1. The number of rotatable bonds is 2. The lowest BCUT2D eigenvalue weighted by atomic mass is 10.2. The fraction of sp³-hybridized carbons (Fsp3) is 0.778.